The number of benzene rings is 1. The molecule has 0 saturated heterocycles. The van der Waals surface area contributed by atoms with E-state index < -0.39 is 5.41 Å². The van der Waals surface area contributed by atoms with Crippen LogP contribution in [0.25, 0.3) is 16.3 Å². The average molecular weight is 488 g/mol. The van der Waals surface area contributed by atoms with Crippen molar-refractivity contribution < 1.29 is 4.39 Å². The molecule has 0 aliphatic heterocycles. The van der Waals surface area contributed by atoms with Gasteiger partial charge in [0, 0.05) is 22.6 Å². The molecule has 0 N–H and O–H groups in total. The van der Waals surface area contributed by atoms with Crippen molar-refractivity contribution in [3.63, 3.8) is 0 Å². The molecule has 2 aliphatic carbocycles. The van der Waals surface area contributed by atoms with Crippen LogP contribution in [0.3, 0.4) is 0 Å². The molecule has 0 radical (unpaired) electrons. The normalized spacial score (nSPS) is 18.4. The van der Waals surface area contributed by atoms with Crippen molar-refractivity contribution >= 4 is 16.3 Å². The van der Waals surface area contributed by atoms with Crippen LogP contribution in [-0.4, -0.2) is 4.98 Å². The standard InChI is InChI=1S/C27H30FN.C4H8.C3H8/c1-6-7-9-19(16-17(2)3)20-12-13-22(28)25-24(20)26-23-18(14-15-29-26)10-8-11-21(23)27(25,4)5;1-4(2)3;1-3-2/h7-11,13-15,19-20H,2,6,12,16H2,1,3-5H3;1H2,2-3H3;3H2,1-2H3. The van der Waals surface area contributed by atoms with E-state index in [1.807, 2.05) is 20.0 Å². The predicted octanol–water partition coefficient (Wildman–Crippen LogP) is 10.7. The first-order valence-electron chi connectivity index (χ1n) is 13.4. The van der Waals surface area contributed by atoms with Crippen LogP contribution < -0.4 is 0 Å². The van der Waals surface area contributed by atoms with E-state index in [4.69, 9.17) is 4.98 Å². The number of nitrogens with zero attached hydrogens (tertiary/aromatic N) is 1. The number of rotatable bonds is 5. The SMILES string of the molecule is C=C(C)C.C=C(C)CC(C=CCC)C1CC=C(F)C2=C1c1nccc3cccc(c13)C2(C)C.CCC. The lowest BCUT2D eigenvalue weighted by Crippen LogP contribution is -2.32. The molecule has 36 heavy (non-hydrogen) atoms. The van der Waals surface area contributed by atoms with E-state index in [-0.39, 0.29) is 11.7 Å². The molecule has 0 fully saturated rings. The third kappa shape index (κ3) is 6.52. The van der Waals surface area contributed by atoms with E-state index in [1.165, 1.54) is 28.3 Å². The summed E-state index contributed by atoms with van der Waals surface area (Å²) < 4.78 is 15.4. The zero-order valence-electron chi connectivity index (χ0n) is 23.8. The Balaban J connectivity index is 0.000000583. The fourth-order valence-corrected chi connectivity index (χ4v) is 5.23. The molecule has 4 rings (SSSR count). The van der Waals surface area contributed by atoms with Crippen molar-refractivity contribution in [3.8, 4) is 0 Å². The first kappa shape index (κ1) is 29.5. The summed E-state index contributed by atoms with van der Waals surface area (Å²) >= 11 is 0. The van der Waals surface area contributed by atoms with Crippen molar-refractivity contribution in [3.05, 3.63) is 95.7 Å². The minimum absolute atomic E-state index is 0.0805. The number of aromatic nitrogens is 1. The van der Waals surface area contributed by atoms with Gasteiger partial charge in [-0.15, -0.1) is 13.2 Å². The van der Waals surface area contributed by atoms with Crippen molar-refractivity contribution in [2.45, 2.75) is 86.5 Å². The molecule has 2 heteroatoms. The summed E-state index contributed by atoms with van der Waals surface area (Å²) in [6.45, 7) is 24.5. The van der Waals surface area contributed by atoms with Gasteiger partial charge in [0.15, 0.2) is 0 Å². The summed E-state index contributed by atoms with van der Waals surface area (Å²) in [6, 6.07) is 8.41. The maximum atomic E-state index is 15.4. The van der Waals surface area contributed by atoms with Gasteiger partial charge in [-0.05, 0) is 80.5 Å². The third-order valence-electron chi connectivity index (χ3n) is 6.49. The van der Waals surface area contributed by atoms with Crippen LogP contribution in [0, 0.1) is 11.8 Å². The molecule has 2 unspecified atom stereocenters. The van der Waals surface area contributed by atoms with Crippen molar-refractivity contribution in [2.24, 2.45) is 11.8 Å². The van der Waals surface area contributed by atoms with Crippen molar-refractivity contribution in [1.82, 2.24) is 4.98 Å². The van der Waals surface area contributed by atoms with Crippen LogP contribution in [0.1, 0.15) is 92.3 Å². The Morgan fingerprint density at radius 3 is 2.36 bits per heavy atom. The molecule has 1 nitrogen and oxygen atoms in total. The molecular weight excluding hydrogens is 441 g/mol. The lowest BCUT2D eigenvalue weighted by molar-refractivity contribution is 0.453. The molecule has 0 spiro atoms. The predicted molar refractivity (Wildman–Crippen MR) is 158 cm³/mol. The number of pyridine rings is 1. The Morgan fingerprint density at radius 2 is 1.78 bits per heavy atom. The fourth-order valence-electron chi connectivity index (χ4n) is 5.23. The monoisotopic (exact) mass is 487 g/mol. The largest absolute Gasteiger partial charge is 0.256 e. The topological polar surface area (TPSA) is 12.9 Å². The van der Waals surface area contributed by atoms with Crippen LogP contribution in [0.5, 0.6) is 0 Å². The molecule has 0 saturated carbocycles. The average Bonchev–Trinajstić information content (AvgIpc) is 2.80. The fraction of sp³-hybridized carbons (Fsp3) is 0.441. The Labute approximate surface area is 219 Å². The van der Waals surface area contributed by atoms with Crippen LogP contribution in [-0.2, 0) is 5.41 Å². The highest BCUT2D eigenvalue weighted by Gasteiger charge is 2.43. The Kier molecular flexibility index (Phi) is 10.6. The van der Waals surface area contributed by atoms with Gasteiger partial charge in [0.05, 0.1) is 5.69 Å². The van der Waals surface area contributed by atoms with E-state index in [2.05, 4.69) is 91.1 Å². The summed E-state index contributed by atoms with van der Waals surface area (Å²) in [4.78, 5) is 4.82. The first-order chi connectivity index (χ1) is 17.0. The molecule has 1 aromatic carbocycles. The van der Waals surface area contributed by atoms with Gasteiger partial charge in [0.1, 0.15) is 5.83 Å². The van der Waals surface area contributed by atoms with Crippen LogP contribution in [0.2, 0.25) is 0 Å². The summed E-state index contributed by atoms with van der Waals surface area (Å²) in [7, 11) is 0. The van der Waals surface area contributed by atoms with E-state index in [0.29, 0.717) is 12.3 Å². The number of hydrogen-bond acceptors (Lipinski definition) is 1. The minimum Gasteiger partial charge on any atom is -0.256 e. The molecule has 2 aromatic rings. The lowest BCUT2D eigenvalue weighted by atomic mass is 9.62. The Hall–Kier alpha value is -2.74. The van der Waals surface area contributed by atoms with Gasteiger partial charge in [0.2, 0.25) is 0 Å². The van der Waals surface area contributed by atoms with E-state index in [0.717, 1.165) is 35.3 Å². The highest BCUT2D eigenvalue weighted by Crippen LogP contribution is 2.54. The van der Waals surface area contributed by atoms with Crippen LogP contribution in [0.15, 0.2) is 84.4 Å². The summed E-state index contributed by atoms with van der Waals surface area (Å²) in [6.07, 6.45) is 12.1. The minimum atomic E-state index is -0.396. The van der Waals surface area contributed by atoms with Gasteiger partial charge in [-0.3, -0.25) is 4.98 Å². The second-order valence-corrected chi connectivity index (χ2v) is 10.9. The molecule has 1 aromatic heterocycles. The lowest BCUT2D eigenvalue weighted by Gasteiger charge is -2.41. The number of fused-ring (bicyclic) bond motifs is 1. The quantitative estimate of drug-likeness (QED) is 0.382. The van der Waals surface area contributed by atoms with Crippen molar-refractivity contribution in [1.29, 1.82) is 0 Å². The van der Waals surface area contributed by atoms with Gasteiger partial charge < -0.3 is 0 Å². The molecule has 0 bridgehead atoms. The van der Waals surface area contributed by atoms with E-state index in [9.17, 15) is 0 Å². The molecule has 0 amide bonds. The van der Waals surface area contributed by atoms with Gasteiger partial charge in [-0.1, -0.05) is 82.5 Å². The van der Waals surface area contributed by atoms with Crippen LogP contribution >= 0.6 is 0 Å². The molecular formula is C34H46FN. The third-order valence-corrected chi connectivity index (χ3v) is 6.49. The zero-order valence-corrected chi connectivity index (χ0v) is 23.8. The molecule has 194 valence electrons. The van der Waals surface area contributed by atoms with Crippen molar-refractivity contribution in [2.75, 3.05) is 0 Å². The van der Waals surface area contributed by atoms with Gasteiger partial charge in [-0.25, -0.2) is 4.39 Å². The van der Waals surface area contributed by atoms with Gasteiger partial charge in [-0.2, -0.15) is 0 Å². The number of allylic oxidation sites excluding steroid dienone is 8. The number of hydrogen-bond donors (Lipinski definition) is 0. The maximum Gasteiger partial charge on any atom is 0.123 e. The Morgan fingerprint density at radius 1 is 1.14 bits per heavy atom. The molecule has 1 heterocycles. The highest BCUT2D eigenvalue weighted by molar-refractivity contribution is 6.00. The van der Waals surface area contributed by atoms with E-state index in [1.54, 1.807) is 6.08 Å². The maximum absolute atomic E-state index is 15.4. The van der Waals surface area contributed by atoms with Gasteiger partial charge in [0.25, 0.3) is 0 Å². The zero-order chi connectivity index (χ0) is 27.0. The second-order valence-electron chi connectivity index (χ2n) is 10.9. The summed E-state index contributed by atoms with van der Waals surface area (Å²) in [5.41, 5.74) is 6.00. The smallest absolute Gasteiger partial charge is 0.123 e. The molecule has 2 atom stereocenters. The highest BCUT2D eigenvalue weighted by atomic mass is 19.1. The molecule has 2 aliphatic rings. The van der Waals surface area contributed by atoms with Gasteiger partial charge >= 0.3 is 0 Å². The second kappa shape index (κ2) is 13.0. The number of halogens is 1. The van der Waals surface area contributed by atoms with Crippen LogP contribution in [0.4, 0.5) is 4.39 Å². The first-order valence-corrected chi connectivity index (χ1v) is 13.4. The summed E-state index contributed by atoms with van der Waals surface area (Å²) in [5, 5.41) is 2.37. The summed E-state index contributed by atoms with van der Waals surface area (Å²) in [5.74, 6) is 0.415. The van der Waals surface area contributed by atoms with E-state index >= 15 is 4.39 Å². The Bertz CT molecular complexity index is 1170.